The molecule has 0 spiro atoms. The number of alkyl carbamates (subject to hydrolysis) is 1. The van der Waals surface area contributed by atoms with Gasteiger partial charge in [0.15, 0.2) is 6.23 Å². The fourth-order valence-electron chi connectivity index (χ4n) is 4.13. The number of carbonyl (C=O) groups is 2. The van der Waals surface area contributed by atoms with E-state index in [1.165, 1.54) is 7.05 Å². The van der Waals surface area contributed by atoms with E-state index in [0.717, 1.165) is 28.1 Å². The first-order chi connectivity index (χ1) is 18.3. The maximum atomic E-state index is 13.2. The first-order valence-corrected chi connectivity index (χ1v) is 13.9. The Morgan fingerprint density at radius 3 is 2.41 bits per heavy atom. The van der Waals surface area contributed by atoms with Gasteiger partial charge >= 0.3 is 12.3 Å². The Labute approximate surface area is 225 Å². The molecular weight excluding hydrogens is 539 g/mol. The molecular formula is C26H32F3N3O6S. The van der Waals surface area contributed by atoms with E-state index < -0.39 is 50.9 Å². The van der Waals surface area contributed by atoms with E-state index in [9.17, 15) is 31.2 Å². The van der Waals surface area contributed by atoms with E-state index in [1.54, 1.807) is 24.3 Å². The van der Waals surface area contributed by atoms with Gasteiger partial charge in [-0.1, -0.05) is 18.2 Å². The van der Waals surface area contributed by atoms with E-state index in [2.05, 4.69) is 10.6 Å². The summed E-state index contributed by atoms with van der Waals surface area (Å²) in [6, 6.07) is 9.38. The summed E-state index contributed by atoms with van der Waals surface area (Å²) in [4.78, 5) is 24.7. The topological polar surface area (TPSA) is 114 Å². The lowest BCUT2D eigenvalue weighted by Gasteiger charge is -2.34. The second kappa shape index (κ2) is 12.7. The highest BCUT2D eigenvalue weighted by molar-refractivity contribution is 7.89. The first kappa shape index (κ1) is 30.2. The molecule has 3 rings (SSSR count). The van der Waals surface area contributed by atoms with Crippen molar-refractivity contribution in [3.63, 3.8) is 0 Å². The molecule has 13 heteroatoms. The number of hydrogen-bond acceptors (Lipinski definition) is 6. The maximum Gasteiger partial charge on any atom is 0.416 e. The Kier molecular flexibility index (Phi) is 9.83. The predicted octanol–water partition coefficient (Wildman–Crippen LogP) is 4.08. The standard InChI is InChI=1S/C26H32F3N3O6S/c1-17(2)37-20-12-10-18(11-13-20)15-22(24(33)30-3)31-25(34)38-23-9-4-5-14-32(23)39(35,36)21-8-6-7-19(16-21)26(27,28)29/h6-8,10-13,16-17,22-23H,4-5,9,14-15H2,1-3H3,(H,30,33)(H,31,34)/t22-,23-/m0/s1. The number of rotatable bonds is 9. The van der Waals surface area contributed by atoms with Crippen LogP contribution in [-0.2, 0) is 32.2 Å². The number of ether oxygens (including phenoxy) is 2. The number of alkyl halides is 3. The molecule has 2 N–H and O–H groups in total. The van der Waals surface area contributed by atoms with Crippen LogP contribution in [0.15, 0.2) is 53.4 Å². The number of benzene rings is 2. The average Bonchev–Trinajstić information content (AvgIpc) is 2.88. The van der Waals surface area contributed by atoms with Crippen LogP contribution in [0.2, 0.25) is 0 Å². The number of piperidine rings is 1. The van der Waals surface area contributed by atoms with Crippen molar-refractivity contribution in [2.45, 2.75) is 69.0 Å². The van der Waals surface area contributed by atoms with Crippen LogP contribution >= 0.6 is 0 Å². The summed E-state index contributed by atoms with van der Waals surface area (Å²) in [5.74, 6) is 0.156. The van der Waals surface area contributed by atoms with Gasteiger partial charge in [0, 0.05) is 20.0 Å². The Balaban J connectivity index is 1.73. The fourth-order valence-corrected chi connectivity index (χ4v) is 5.76. The molecule has 39 heavy (non-hydrogen) atoms. The third-order valence-electron chi connectivity index (χ3n) is 6.00. The normalized spacial score (nSPS) is 17.4. The first-order valence-electron chi connectivity index (χ1n) is 12.4. The minimum Gasteiger partial charge on any atom is -0.491 e. The Bertz CT molecular complexity index is 1250. The van der Waals surface area contributed by atoms with E-state index in [0.29, 0.717) is 24.7 Å². The van der Waals surface area contributed by atoms with Crippen molar-refractivity contribution in [1.82, 2.24) is 14.9 Å². The van der Waals surface area contributed by atoms with Gasteiger partial charge in [0.05, 0.1) is 16.6 Å². The molecule has 9 nitrogen and oxygen atoms in total. The van der Waals surface area contributed by atoms with Crippen LogP contribution in [0, 0.1) is 0 Å². The molecule has 0 bridgehead atoms. The molecule has 1 heterocycles. The summed E-state index contributed by atoms with van der Waals surface area (Å²) < 4.78 is 77.9. The van der Waals surface area contributed by atoms with Gasteiger partial charge in [-0.15, -0.1) is 0 Å². The molecule has 2 atom stereocenters. The van der Waals surface area contributed by atoms with Gasteiger partial charge in [-0.2, -0.15) is 17.5 Å². The quantitative estimate of drug-likeness (QED) is 0.469. The number of nitrogens with one attached hydrogen (secondary N) is 2. The van der Waals surface area contributed by atoms with E-state index >= 15 is 0 Å². The molecule has 2 amide bonds. The van der Waals surface area contributed by atoms with Crippen LogP contribution in [0.1, 0.15) is 44.2 Å². The smallest absolute Gasteiger partial charge is 0.416 e. The lowest BCUT2D eigenvalue weighted by atomic mass is 10.1. The lowest BCUT2D eigenvalue weighted by Crippen LogP contribution is -2.51. The van der Waals surface area contributed by atoms with Gasteiger partial charge < -0.3 is 20.1 Å². The van der Waals surface area contributed by atoms with Gasteiger partial charge in [0.2, 0.25) is 15.9 Å². The third-order valence-corrected chi connectivity index (χ3v) is 7.89. The Morgan fingerprint density at radius 2 is 1.79 bits per heavy atom. The van der Waals surface area contributed by atoms with Crippen molar-refractivity contribution in [3.05, 3.63) is 59.7 Å². The van der Waals surface area contributed by atoms with E-state index in [-0.39, 0.29) is 25.5 Å². The molecule has 0 radical (unpaired) electrons. The number of halogens is 3. The highest BCUT2D eigenvalue weighted by Crippen LogP contribution is 2.32. The number of sulfonamides is 1. The monoisotopic (exact) mass is 571 g/mol. The van der Waals surface area contributed by atoms with E-state index in [1.807, 2.05) is 13.8 Å². The molecule has 0 unspecified atom stereocenters. The average molecular weight is 572 g/mol. The van der Waals surface area contributed by atoms with Crippen molar-refractivity contribution in [2.24, 2.45) is 0 Å². The van der Waals surface area contributed by atoms with Crippen molar-refractivity contribution in [1.29, 1.82) is 0 Å². The minimum absolute atomic E-state index is 0.0114. The molecule has 2 aromatic carbocycles. The molecule has 1 aliphatic rings. The van der Waals surface area contributed by atoms with Crippen LogP contribution in [0.5, 0.6) is 5.75 Å². The summed E-state index contributed by atoms with van der Waals surface area (Å²) in [6.07, 6.45) is -5.77. The summed E-state index contributed by atoms with van der Waals surface area (Å²) in [7, 11) is -3.00. The number of amides is 2. The van der Waals surface area contributed by atoms with Crippen LogP contribution in [-0.4, -0.2) is 56.7 Å². The number of likely N-dealkylation sites (N-methyl/N-ethyl adjacent to an activating group) is 1. The van der Waals surface area contributed by atoms with Crippen LogP contribution in [0.4, 0.5) is 18.0 Å². The molecule has 2 aromatic rings. The van der Waals surface area contributed by atoms with Crippen molar-refractivity contribution in [2.75, 3.05) is 13.6 Å². The third kappa shape index (κ3) is 8.09. The number of hydrogen-bond donors (Lipinski definition) is 2. The largest absolute Gasteiger partial charge is 0.491 e. The van der Waals surface area contributed by atoms with Crippen LogP contribution in [0.25, 0.3) is 0 Å². The maximum absolute atomic E-state index is 13.2. The zero-order valence-corrected chi connectivity index (χ0v) is 22.6. The van der Waals surface area contributed by atoms with Gasteiger partial charge in [0.25, 0.3) is 0 Å². The number of nitrogens with zero attached hydrogens (tertiary/aromatic N) is 1. The highest BCUT2D eigenvalue weighted by atomic mass is 32.2. The lowest BCUT2D eigenvalue weighted by molar-refractivity contribution is -0.137. The summed E-state index contributed by atoms with van der Waals surface area (Å²) >= 11 is 0. The molecule has 214 valence electrons. The number of carbonyl (C=O) groups excluding carboxylic acids is 2. The molecule has 0 aliphatic carbocycles. The Morgan fingerprint density at radius 1 is 1.10 bits per heavy atom. The summed E-state index contributed by atoms with van der Waals surface area (Å²) in [5.41, 5.74) is -0.376. The molecule has 1 fully saturated rings. The zero-order valence-electron chi connectivity index (χ0n) is 21.8. The van der Waals surface area contributed by atoms with Crippen LogP contribution in [0.3, 0.4) is 0 Å². The van der Waals surface area contributed by atoms with E-state index in [4.69, 9.17) is 9.47 Å². The fraction of sp³-hybridized carbons (Fsp3) is 0.462. The van der Waals surface area contributed by atoms with Crippen molar-refractivity contribution >= 4 is 22.0 Å². The van der Waals surface area contributed by atoms with Gasteiger partial charge in [0.1, 0.15) is 11.8 Å². The second-order valence-corrected chi connectivity index (χ2v) is 11.2. The van der Waals surface area contributed by atoms with Gasteiger partial charge in [-0.3, -0.25) is 4.79 Å². The Hall–Kier alpha value is -3.32. The molecule has 0 saturated carbocycles. The second-order valence-electron chi connectivity index (χ2n) is 9.32. The SMILES string of the molecule is CNC(=O)[C@H](Cc1ccc(OC(C)C)cc1)NC(=O)O[C@H]1CCCCN1S(=O)(=O)c1cccc(C(F)(F)F)c1. The summed E-state index contributed by atoms with van der Waals surface area (Å²) in [5, 5.41) is 4.95. The van der Waals surface area contributed by atoms with Crippen LogP contribution < -0.4 is 15.4 Å². The minimum atomic E-state index is -4.72. The predicted molar refractivity (Wildman–Crippen MR) is 136 cm³/mol. The molecule has 0 aromatic heterocycles. The van der Waals surface area contributed by atoms with Crippen molar-refractivity contribution < 1.29 is 40.7 Å². The molecule has 1 aliphatic heterocycles. The van der Waals surface area contributed by atoms with Gasteiger partial charge in [-0.05, 0) is 69.0 Å². The van der Waals surface area contributed by atoms with Gasteiger partial charge in [-0.25, -0.2) is 13.2 Å². The molecule has 1 saturated heterocycles. The van der Waals surface area contributed by atoms with Crippen molar-refractivity contribution in [3.8, 4) is 5.75 Å². The highest BCUT2D eigenvalue weighted by Gasteiger charge is 2.38. The zero-order chi connectivity index (χ0) is 28.8. The summed E-state index contributed by atoms with van der Waals surface area (Å²) in [6.45, 7) is 3.74.